The van der Waals surface area contributed by atoms with Crippen LogP contribution in [0.1, 0.15) is 27.5 Å². The molecule has 0 saturated carbocycles. The monoisotopic (exact) mass is 446 g/mol. The summed E-state index contributed by atoms with van der Waals surface area (Å²) in [6.07, 6.45) is 0. The van der Waals surface area contributed by atoms with Gasteiger partial charge in [0.25, 0.3) is 11.8 Å². The van der Waals surface area contributed by atoms with Crippen molar-refractivity contribution >= 4 is 17.8 Å². The van der Waals surface area contributed by atoms with Crippen LogP contribution in [0, 0.1) is 0 Å². The zero-order chi connectivity index (χ0) is 23.0. The van der Waals surface area contributed by atoms with Gasteiger partial charge in [0.1, 0.15) is 0 Å². The van der Waals surface area contributed by atoms with Gasteiger partial charge in [-0.25, -0.2) is 4.79 Å². The molecule has 0 spiro atoms. The van der Waals surface area contributed by atoms with Crippen LogP contribution in [-0.2, 0) is 20.9 Å². The Balaban J connectivity index is 1.34. The van der Waals surface area contributed by atoms with Gasteiger partial charge in [-0.1, -0.05) is 54.6 Å². The molecule has 1 heterocycles. The third-order valence-electron chi connectivity index (χ3n) is 4.95. The predicted octanol–water partition coefficient (Wildman–Crippen LogP) is 2.75. The lowest BCUT2D eigenvalue weighted by molar-refractivity contribution is -0.150. The van der Waals surface area contributed by atoms with Gasteiger partial charge in [-0.15, -0.1) is 0 Å². The summed E-state index contributed by atoms with van der Waals surface area (Å²) in [7, 11) is 0. The van der Waals surface area contributed by atoms with Crippen molar-refractivity contribution in [3.8, 4) is 11.5 Å². The van der Waals surface area contributed by atoms with Crippen molar-refractivity contribution < 1.29 is 28.6 Å². The summed E-state index contributed by atoms with van der Waals surface area (Å²) in [5.41, 5.74) is 1.77. The van der Waals surface area contributed by atoms with E-state index in [1.807, 2.05) is 6.07 Å². The molecule has 2 N–H and O–H groups in total. The number of fused-ring (bicyclic) bond motifs is 1. The number of ether oxygens (including phenoxy) is 3. The number of benzene rings is 3. The molecule has 0 fully saturated rings. The predicted molar refractivity (Wildman–Crippen MR) is 118 cm³/mol. The van der Waals surface area contributed by atoms with Gasteiger partial charge in [0.2, 0.25) is 6.79 Å². The number of nitrogens with one attached hydrogen (secondary N) is 2. The van der Waals surface area contributed by atoms with Crippen molar-refractivity contribution in [2.24, 2.45) is 0 Å². The molecule has 0 aromatic heterocycles. The first-order chi connectivity index (χ1) is 16.1. The standard InChI is InChI=1S/C25H22N2O6/c28-22(26-14-17-11-12-20-21(13-17)33-16-32-20)15-31-25(30)23(18-7-3-1-4-8-18)27-24(29)19-9-5-2-6-10-19/h1-13,23H,14-16H2,(H,26,28)(H,27,29). The molecule has 8 nitrogen and oxygen atoms in total. The highest BCUT2D eigenvalue weighted by atomic mass is 16.7. The molecule has 8 heteroatoms. The van der Waals surface area contributed by atoms with Gasteiger partial charge in [-0.2, -0.15) is 0 Å². The maximum Gasteiger partial charge on any atom is 0.333 e. The van der Waals surface area contributed by atoms with Gasteiger partial charge < -0.3 is 24.8 Å². The van der Waals surface area contributed by atoms with E-state index in [0.717, 1.165) is 5.56 Å². The van der Waals surface area contributed by atoms with E-state index in [2.05, 4.69) is 10.6 Å². The average Bonchev–Trinajstić information content (AvgIpc) is 3.33. The molecule has 0 aliphatic carbocycles. The van der Waals surface area contributed by atoms with Crippen LogP contribution in [0.2, 0.25) is 0 Å². The van der Waals surface area contributed by atoms with Crippen LogP contribution in [0.15, 0.2) is 78.9 Å². The van der Waals surface area contributed by atoms with E-state index in [0.29, 0.717) is 22.6 Å². The molecule has 1 aliphatic rings. The maximum absolute atomic E-state index is 12.8. The zero-order valence-corrected chi connectivity index (χ0v) is 17.7. The van der Waals surface area contributed by atoms with E-state index in [4.69, 9.17) is 14.2 Å². The van der Waals surface area contributed by atoms with Gasteiger partial charge >= 0.3 is 5.97 Å². The lowest BCUT2D eigenvalue weighted by atomic mass is 10.1. The Kier molecular flexibility index (Phi) is 6.84. The van der Waals surface area contributed by atoms with Crippen LogP contribution in [0.5, 0.6) is 11.5 Å². The number of carbonyl (C=O) groups is 3. The first-order valence-electron chi connectivity index (χ1n) is 10.3. The van der Waals surface area contributed by atoms with E-state index in [-0.39, 0.29) is 13.3 Å². The molecule has 0 bridgehead atoms. The summed E-state index contributed by atoms with van der Waals surface area (Å²) in [4.78, 5) is 37.6. The second-order valence-corrected chi connectivity index (χ2v) is 7.26. The number of rotatable bonds is 8. The van der Waals surface area contributed by atoms with E-state index < -0.39 is 30.4 Å². The van der Waals surface area contributed by atoms with Gasteiger partial charge in [0.05, 0.1) is 0 Å². The van der Waals surface area contributed by atoms with Crippen molar-refractivity contribution in [1.29, 1.82) is 0 Å². The number of hydrogen-bond acceptors (Lipinski definition) is 6. The minimum Gasteiger partial charge on any atom is -0.454 e. The zero-order valence-electron chi connectivity index (χ0n) is 17.7. The van der Waals surface area contributed by atoms with Crippen LogP contribution < -0.4 is 20.1 Å². The third kappa shape index (κ3) is 5.68. The summed E-state index contributed by atoms with van der Waals surface area (Å²) >= 11 is 0. The van der Waals surface area contributed by atoms with Crippen LogP contribution in [0.4, 0.5) is 0 Å². The van der Waals surface area contributed by atoms with Crippen molar-refractivity contribution in [2.75, 3.05) is 13.4 Å². The summed E-state index contributed by atoms with van der Waals surface area (Å²) in [5.74, 6) is -0.351. The average molecular weight is 446 g/mol. The molecular formula is C25H22N2O6. The molecule has 3 aromatic rings. The molecular weight excluding hydrogens is 424 g/mol. The van der Waals surface area contributed by atoms with Crippen LogP contribution >= 0.6 is 0 Å². The van der Waals surface area contributed by atoms with Crippen molar-refractivity contribution in [1.82, 2.24) is 10.6 Å². The molecule has 1 aliphatic heterocycles. The minimum absolute atomic E-state index is 0.171. The second-order valence-electron chi connectivity index (χ2n) is 7.26. The molecule has 4 rings (SSSR count). The Morgan fingerprint density at radius 3 is 2.33 bits per heavy atom. The first kappa shape index (κ1) is 21.9. The maximum atomic E-state index is 12.8. The van der Waals surface area contributed by atoms with Crippen LogP contribution in [0.3, 0.4) is 0 Å². The number of carbonyl (C=O) groups excluding carboxylic acids is 3. The topological polar surface area (TPSA) is 103 Å². The lowest BCUT2D eigenvalue weighted by Crippen LogP contribution is -2.37. The molecule has 1 atom stereocenters. The van der Waals surface area contributed by atoms with Gasteiger partial charge in [0.15, 0.2) is 24.1 Å². The van der Waals surface area contributed by atoms with E-state index >= 15 is 0 Å². The Labute approximate surface area is 190 Å². The van der Waals surface area contributed by atoms with Crippen molar-refractivity contribution in [2.45, 2.75) is 12.6 Å². The third-order valence-corrected chi connectivity index (χ3v) is 4.95. The summed E-state index contributed by atoms with van der Waals surface area (Å²) in [6.45, 7) is -0.0711. The largest absolute Gasteiger partial charge is 0.454 e. The van der Waals surface area contributed by atoms with Gasteiger partial charge in [0, 0.05) is 12.1 Å². The summed E-state index contributed by atoms with van der Waals surface area (Å²) in [5, 5.41) is 5.37. The highest BCUT2D eigenvalue weighted by Crippen LogP contribution is 2.32. The molecule has 168 valence electrons. The first-order valence-corrected chi connectivity index (χ1v) is 10.3. The SMILES string of the molecule is O=C(COC(=O)C(NC(=O)c1ccccc1)c1ccccc1)NCc1ccc2c(c1)OCO2. The summed E-state index contributed by atoms with van der Waals surface area (Å²) < 4.78 is 15.8. The quantitative estimate of drug-likeness (QED) is 0.516. The fourth-order valence-electron chi connectivity index (χ4n) is 3.25. The minimum atomic E-state index is -1.06. The van der Waals surface area contributed by atoms with Gasteiger partial charge in [-0.3, -0.25) is 9.59 Å². The molecule has 3 aromatic carbocycles. The van der Waals surface area contributed by atoms with E-state index in [9.17, 15) is 14.4 Å². The van der Waals surface area contributed by atoms with Crippen molar-refractivity contribution in [3.63, 3.8) is 0 Å². The highest BCUT2D eigenvalue weighted by molar-refractivity contribution is 5.97. The highest BCUT2D eigenvalue weighted by Gasteiger charge is 2.25. The smallest absolute Gasteiger partial charge is 0.333 e. The fourth-order valence-corrected chi connectivity index (χ4v) is 3.25. The molecule has 2 amide bonds. The number of amides is 2. The number of hydrogen-bond donors (Lipinski definition) is 2. The molecule has 33 heavy (non-hydrogen) atoms. The van der Waals surface area contributed by atoms with Crippen molar-refractivity contribution in [3.05, 3.63) is 95.6 Å². The Hall–Kier alpha value is -4.33. The van der Waals surface area contributed by atoms with Gasteiger partial charge in [-0.05, 0) is 35.4 Å². The van der Waals surface area contributed by atoms with Crippen LogP contribution in [-0.4, -0.2) is 31.2 Å². The van der Waals surface area contributed by atoms with E-state index in [1.54, 1.807) is 72.8 Å². The normalized spacial score (nSPS) is 12.5. The second kappa shape index (κ2) is 10.3. The summed E-state index contributed by atoms with van der Waals surface area (Å²) in [6, 6.07) is 21.6. The molecule has 1 unspecified atom stereocenters. The van der Waals surface area contributed by atoms with E-state index in [1.165, 1.54) is 0 Å². The number of esters is 1. The fraction of sp³-hybridized carbons (Fsp3) is 0.160. The Morgan fingerprint density at radius 2 is 1.58 bits per heavy atom. The Bertz CT molecular complexity index is 1130. The molecule has 0 saturated heterocycles. The lowest BCUT2D eigenvalue weighted by Gasteiger charge is -2.18. The van der Waals surface area contributed by atoms with Crippen LogP contribution in [0.25, 0.3) is 0 Å². The Morgan fingerprint density at radius 1 is 0.879 bits per heavy atom. The molecule has 0 radical (unpaired) electrons.